The molecular formula is C17H17BrClNO3. The van der Waals surface area contributed by atoms with Crippen molar-refractivity contribution >= 4 is 39.5 Å². The molecule has 2 aromatic carbocycles. The molecule has 0 spiro atoms. The van der Waals surface area contributed by atoms with Gasteiger partial charge in [-0.25, -0.2) is 0 Å². The molecule has 0 radical (unpaired) electrons. The standard InChI is InChI=1S/C17H17BrClNO3/c1-22-10-16(13-8-12(18)4-6-17(13)23-2)20-15-5-3-11(9-21)7-14(15)19/h3-9,16,20H,10H2,1-2H3. The van der Waals surface area contributed by atoms with Crippen molar-refractivity contribution in [1.29, 1.82) is 0 Å². The second-order valence-corrected chi connectivity index (χ2v) is 6.22. The average Bonchev–Trinajstić information content (AvgIpc) is 2.56. The van der Waals surface area contributed by atoms with Crippen molar-refractivity contribution in [3.63, 3.8) is 0 Å². The first-order valence-corrected chi connectivity index (χ1v) is 8.09. The number of anilines is 1. The molecule has 0 aromatic heterocycles. The second-order valence-electron chi connectivity index (χ2n) is 4.90. The van der Waals surface area contributed by atoms with Crippen molar-refractivity contribution in [1.82, 2.24) is 0 Å². The molecule has 1 N–H and O–H groups in total. The fraction of sp³-hybridized carbons (Fsp3) is 0.235. The molecule has 2 rings (SSSR count). The third-order valence-electron chi connectivity index (χ3n) is 3.36. The van der Waals surface area contributed by atoms with Gasteiger partial charge < -0.3 is 14.8 Å². The molecule has 0 aliphatic heterocycles. The Morgan fingerprint density at radius 2 is 2.04 bits per heavy atom. The summed E-state index contributed by atoms with van der Waals surface area (Å²) in [5.74, 6) is 0.753. The normalized spacial score (nSPS) is 11.8. The number of benzene rings is 2. The molecule has 1 atom stereocenters. The Labute approximate surface area is 148 Å². The van der Waals surface area contributed by atoms with E-state index in [0.29, 0.717) is 17.2 Å². The van der Waals surface area contributed by atoms with Gasteiger partial charge in [0.05, 0.1) is 30.5 Å². The van der Waals surface area contributed by atoms with Crippen molar-refractivity contribution in [2.45, 2.75) is 6.04 Å². The van der Waals surface area contributed by atoms with Gasteiger partial charge in [-0.1, -0.05) is 27.5 Å². The summed E-state index contributed by atoms with van der Waals surface area (Å²) in [6.07, 6.45) is 0.764. The van der Waals surface area contributed by atoms with Gasteiger partial charge in [0.2, 0.25) is 0 Å². The Balaban J connectivity index is 2.36. The Bertz CT molecular complexity index is 694. The lowest BCUT2D eigenvalue weighted by molar-refractivity contribution is 0.112. The molecule has 1 unspecified atom stereocenters. The minimum Gasteiger partial charge on any atom is -0.496 e. The van der Waals surface area contributed by atoms with Gasteiger partial charge in [-0.05, 0) is 36.4 Å². The average molecular weight is 399 g/mol. The molecule has 122 valence electrons. The van der Waals surface area contributed by atoms with Crippen LogP contribution >= 0.6 is 27.5 Å². The molecule has 0 bridgehead atoms. The highest BCUT2D eigenvalue weighted by Gasteiger charge is 2.18. The maximum absolute atomic E-state index is 10.8. The zero-order valence-electron chi connectivity index (χ0n) is 12.8. The minimum atomic E-state index is -0.160. The number of rotatable bonds is 7. The predicted octanol–water partition coefficient (Wildman–Crippen LogP) is 4.72. The van der Waals surface area contributed by atoms with E-state index in [9.17, 15) is 4.79 Å². The highest BCUT2D eigenvalue weighted by Crippen LogP contribution is 2.33. The summed E-state index contributed by atoms with van der Waals surface area (Å²) >= 11 is 9.72. The lowest BCUT2D eigenvalue weighted by atomic mass is 10.1. The van der Waals surface area contributed by atoms with Gasteiger partial charge in [-0.2, -0.15) is 0 Å². The zero-order valence-corrected chi connectivity index (χ0v) is 15.1. The van der Waals surface area contributed by atoms with E-state index in [1.807, 2.05) is 18.2 Å². The molecule has 0 heterocycles. The van der Waals surface area contributed by atoms with Gasteiger partial charge >= 0.3 is 0 Å². The summed E-state index contributed by atoms with van der Waals surface area (Å²) in [6, 6.07) is 10.7. The van der Waals surface area contributed by atoms with Crippen LogP contribution in [-0.2, 0) is 4.74 Å². The summed E-state index contributed by atoms with van der Waals surface area (Å²) < 4.78 is 11.7. The molecule has 6 heteroatoms. The predicted molar refractivity (Wildman–Crippen MR) is 95.8 cm³/mol. The molecular weight excluding hydrogens is 382 g/mol. The van der Waals surface area contributed by atoms with Crippen LogP contribution < -0.4 is 10.1 Å². The molecule has 0 amide bonds. The maximum Gasteiger partial charge on any atom is 0.150 e. The van der Waals surface area contributed by atoms with E-state index in [2.05, 4.69) is 21.2 Å². The molecule has 0 saturated heterocycles. The molecule has 0 fully saturated rings. The molecule has 2 aromatic rings. The zero-order chi connectivity index (χ0) is 16.8. The van der Waals surface area contributed by atoms with Crippen molar-refractivity contribution in [3.8, 4) is 5.75 Å². The smallest absolute Gasteiger partial charge is 0.150 e. The number of aldehydes is 1. The number of methoxy groups -OCH3 is 2. The van der Waals surface area contributed by atoms with E-state index < -0.39 is 0 Å². The summed E-state index contributed by atoms with van der Waals surface area (Å²) in [7, 11) is 3.26. The SMILES string of the molecule is COCC(Nc1ccc(C=O)cc1Cl)c1cc(Br)ccc1OC. The van der Waals surface area contributed by atoms with Crippen LogP contribution in [0.4, 0.5) is 5.69 Å². The van der Waals surface area contributed by atoms with Gasteiger partial charge in [0.25, 0.3) is 0 Å². The highest BCUT2D eigenvalue weighted by molar-refractivity contribution is 9.10. The Kier molecular flexibility index (Phi) is 6.45. The van der Waals surface area contributed by atoms with E-state index in [-0.39, 0.29) is 6.04 Å². The van der Waals surface area contributed by atoms with E-state index in [1.54, 1.807) is 32.4 Å². The molecule has 0 aliphatic carbocycles. The number of hydrogen-bond acceptors (Lipinski definition) is 4. The lowest BCUT2D eigenvalue weighted by Crippen LogP contribution is -2.17. The maximum atomic E-state index is 10.8. The van der Waals surface area contributed by atoms with Crippen LogP contribution in [0.5, 0.6) is 5.75 Å². The number of nitrogens with one attached hydrogen (secondary N) is 1. The van der Waals surface area contributed by atoms with E-state index >= 15 is 0 Å². The van der Waals surface area contributed by atoms with Crippen molar-refractivity contribution in [2.24, 2.45) is 0 Å². The van der Waals surface area contributed by atoms with E-state index in [1.165, 1.54) is 0 Å². The van der Waals surface area contributed by atoms with Crippen molar-refractivity contribution in [3.05, 3.63) is 57.0 Å². The first-order chi connectivity index (χ1) is 11.1. The summed E-state index contributed by atoms with van der Waals surface area (Å²) in [6.45, 7) is 0.429. The topological polar surface area (TPSA) is 47.6 Å². The van der Waals surface area contributed by atoms with Crippen LogP contribution in [0.15, 0.2) is 40.9 Å². The molecule has 0 aliphatic rings. The lowest BCUT2D eigenvalue weighted by Gasteiger charge is -2.22. The third kappa shape index (κ3) is 4.47. The van der Waals surface area contributed by atoms with Crippen LogP contribution in [0.1, 0.15) is 22.0 Å². The van der Waals surface area contributed by atoms with Crippen molar-refractivity contribution in [2.75, 3.05) is 26.1 Å². The van der Waals surface area contributed by atoms with Gasteiger partial charge in [0.15, 0.2) is 0 Å². The first-order valence-electron chi connectivity index (χ1n) is 6.92. The van der Waals surface area contributed by atoms with Gasteiger partial charge in [-0.15, -0.1) is 0 Å². The monoisotopic (exact) mass is 397 g/mol. The fourth-order valence-corrected chi connectivity index (χ4v) is 2.89. The van der Waals surface area contributed by atoms with Crippen LogP contribution in [0.3, 0.4) is 0 Å². The van der Waals surface area contributed by atoms with Crippen LogP contribution in [-0.4, -0.2) is 27.1 Å². The minimum absolute atomic E-state index is 0.160. The van der Waals surface area contributed by atoms with Gasteiger partial charge in [-0.3, -0.25) is 4.79 Å². The second kappa shape index (κ2) is 8.34. The summed E-state index contributed by atoms with van der Waals surface area (Å²) in [4.78, 5) is 10.8. The van der Waals surface area contributed by atoms with Crippen LogP contribution in [0, 0.1) is 0 Å². The first kappa shape index (κ1) is 17.8. The molecule has 23 heavy (non-hydrogen) atoms. The Morgan fingerprint density at radius 3 is 2.65 bits per heavy atom. The largest absolute Gasteiger partial charge is 0.496 e. The number of halogens is 2. The fourth-order valence-electron chi connectivity index (χ4n) is 2.26. The quantitative estimate of drug-likeness (QED) is 0.685. The number of ether oxygens (including phenoxy) is 2. The number of carbonyl (C=O) groups is 1. The summed E-state index contributed by atoms with van der Waals surface area (Å²) in [5, 5.41) is 3.82. The summed E-state index contributed by atoms with van der Waals surface area (Å²) in [5.41, 5.74) is 2.20. The molecule has 0 saturated carbocycles. The van der Waals surface area contributed by atoms with Gasteiger partial charge in [0.1, 0.15) is 12.0 Å². The van der Waals surface area contributed by atoms with Crippen LogP contribution in [0.25, 0.3) is 0 Å². The van der Waals surface area contributed by atoms with Crippen LogP contribution in [0.2, 0.25) is 5.02 Å². The highest BCUT2D eigenvalue weighted by atomic mass is 79.9. The Hall–Kier alpha value is -1.56. The molecule has 4 nitrogen and oxygen atoms in total. The van der Waals surface area contributed by atoms with Crippen molar-refractivity contribution < 1.29 is 14.3 Å². The number of carbonyl (C=O) groups excluding carboxylic acids is 1. The number of hydrogen-bond donors (Lipinski definition) is 1. The Morgan fingerprint density at radius 1 is 1.26 bits per heavy atom. The van der Waals surface area contributed by atoms with E-state index in [0.717, 1.165) is 27.8 Å². The van der Waals surface area contributed by atoms with Gasteiger partial charge in [0, 0.05) is 22.7 Å². The van der Waals surface area contributed by atoms with E-state index in [4.69, 9.17) is 21.1 Å². The third-order valence-corrected chi connectivity index (χ3v) is 4.17.